The summed E-state index contributed by atoms with van der Waals surface area (Å²) in [5.74, 6) is -1.14. The Hall–Kier alpha value is -1.46. The number of ether oxygens (including phenoxy) is 1. The first-order valence-electron chi connectivity index (χ1n) is 7.19. The van der Waals surface area contributed by atoms with Gasteiger partial charge in [-0.15, -0.1) is 0 Å². The van der Waals surface area contributed by atoms with Gasteiger partial charge in [-0.05, 0) is 11.6 Å². The first-order chi connectivity index (χ1) is 9.88. The first-order valence-corrected chi connectivity index (χ1v) is 7.19. The summed E-state index contributed by atoms with van der Waals surface area (Å²) in [6.45, 7) is 7.19. The van der Waals surface area contributed by atoms with E-state index in [1.807, 2.05) is 19.9 Å². The molecule has 1 aliphatic rings. The summed E-state index contributed by atoms with van der Waals surface area (Å²) in [6.07, 6.45) is -0.0186. The van der Waals surface area contributed by atoms with Crippen molar-refractivity contribution in [3.63, 3.8) is 0 Å². The highest BCUT2D eigenvalue weighted by atomic mass is 19.1. The molecular weight excluding hydrogens is 273 g/mol. The van der Waals surface area contributed by atoms with Crippen LogP contribution in [0, 0.1) is 5.82 Å². The summed E-state index contributed by atoms with van der Waals surface area (Å²) < 4.78 is 19.5. The van der Waals surface area contributed by atoms with Gasteiger partial charge in [0.2, 0.25) is 0 Å². The lowest BCUT2D eigenvalue weighted by Crippen LogP contribution is -2.35. The normalized spacial score (nSPS) is 16.9. The van der Waals surface area contributed by atoms with E-state index in [9.17, 15) is 9.18 Å². The number of hydrogen-bond donors (Lipinski definition) is 1. The molecule has 0 radical (unpaired) electrons. The number of aliphatic carboxylic acids is 1. The molecule has 116 valence electrons. The van der Waals surface area contributed by atoms with Gasteiger partial charge in [0.15, 0.2) is 0 Å². The zero-order valence-electron chi connectivity index (χ0n) is 12.6. The van der Waals surface area contributed by atoms with Gasteiger partial charge >= 0.3 is 5.97 Å². The van der Waals surface area contributed by atoms with Crippen molar-refractivity contribution in [2.24, 2.45) is 0 Å². The van der Waals surface area contributed by atoms with Crippen LogP contribution in [-0.4, -0.2) is 42.3 Å². The molecule has 4 nitrogen and oxygen atoms in total. The second-order valence-electron chi connectivity index (χ2n) is 6.15. The minimum absolute atomic E-state index is 0.0186. The zero-order chi connectivity index (χ0) is 15.5. The number of carboxylic acids is 1. The third-order valence-electron chi connectivity index (χ3n) is 3.93. The Labute approximate surface area is 124 Å². The summed E-state index contributed by atoms with van der Waals surface area (Å²) in [4.78, 5) is 13.0. The quantitative estimate of drug-likeness (QED) is 0.906. The molecule has 0 atom stereocenters. The van der Waals surface area contributed by atoms with Gasteiger partial charge in [0, 0.05) is 30.6 Å². The van der Waals surface area contributed by atoms with Gasteiger partial charge in [0.25, 0.3) is 0 Å². The first kappa shape index (κ1) is 15.9. The van der Waals surface area contributed by atoms with E-state index in [0.29, 0.717) is 30.9 Å². The molecule has 1 aromatic rings. The molecule has 0 amide bonds. The van der Waals surface area contributed by atoms with Gasteiger partial charge in [0.05, 0.1) is 19.6 Å². The Morgan fingerprint density at radius 3 is 2.62 bits per heavy atom. The minimum atomic E-state index is -0.877. The van der Waals surface area contributed by atoms with Gasteiger partial charge < -0.3 is 9.84 Å². The fraction of sp³-hybridized carbons (Fsp3) is 0.562. The van der Waals surface area contributed by atoms with E-state index in [2.05, 4.69) is 4.90 Å². The topological polar surface area (TPSA) is 49.8 Å². The van der Waals surface area contributed by atoms with E-state index >= 15 is 0 Å². The molecule has 1 heterocycles. The van der Waals surface area contributed by atoms with E-state index < -0.39 is 11.4 Å². The number of carbonyl (C=O) groups is 1. The summed E-state index contributed by atoms with van der Waals surface area (Å²) in [5, 5.41) is 8.94. The van der Waals surface area contributed by atoms with Gasteiger partial charge in [-0.2, -0.15) is 0 Å². The Kier molecular flexibility index (Phi) is 4.96. The Balaban J connectivity index is 2.11. The predicted octanol–water partition coefficient (Wildman–Crippen LogP) is 2.41. The molecule has 0 aliphatic carbocycles. The van der Waals surface area contributed by atoms with Crippen LogP contribution in [-0.2, 0) is 21.5 Å². The third-order valence-corrected chi connectivity index (χ3v) is 3.93. The molecule has 0 unspecified atom stereocenters. The van der Waals surface area contributed by atoms with Crippen LogP contribution in [0.1, 0.15) is 31.4 Å². The molecule has 0 saturated carbocycles. The van der Waals surface area contributed by atoms with E-state index in [1.54, 1.807) is 6.07 Å². The lowest BCUT2D eigenvalue weighted by Gasteiger charge is -2.27. The van der Waals surface area contributed by atoms with Gasteiger partial charge in [-0.25, -0.2) is 4.39 Å². The number of carboxylic acid groups (broad SMARTS) is 1. The molecule has 2 rings (SSSR count). The standard InChI is InChI=1S/C16H22FNO3/c1-16(2,10-15(19)20)13-4-3-12(14(17)9-13)11-18-5-7-21-8-6-18/h3-4,9H,5-8,10-11H2,1-2H3,(H,19,20). The highest BCUT2D eigenvalue weighted by molar-refractivity contribution is 5.68. The van der Waals surface area contributed by atoms with Gasteiger partial charge in [-0.3, -0.25) is 9.69 Å². The summed E-state index contributed by atoms with van der Waals surface area (Å²) >= 11 is 0. The molecule has 21 heavy (non-hydrogen) atoms. The number of morpholine rings is 1. The Morgan fingerprint density at radius 1 is 1.38 bits per heavy atom. The van der Waals surface area contributed by atoms with Crippen molar-refractivity contribution < 1.29 is 19.0 Å². The molecule has 1 aliphatic heterocycles. The van der Waals surface area contributed by atoms with Crippen molar-refractivity contribution in [3.8, 4) is 0 Å². The molecule has 5 heteroatoms. The lowest BCUT2D eigenvalue weighted by molar-refractivity contribution is -0.138. The van der Waals surface area contributed by atoms with E-state index in [4.69, 9.17) is 9.84 Å². The zero-order valence-corrected chi connectivity index (χ0v) is 12.6. The van der Waals surface area contributed by atoms with Crippen molar-refractivity contribution in [1.82, 2.24) is 4.90 Å². The van der Waals surface area contributed by atoms with Crippen molar-refractivity contribution in [2.45, 2.75) is 32.2 Å². The predicted molar refractivity (Wildman–Crippen MR) is 77.8 cm³/mol. The van der Waals surface area contributed by atoms with Crippen molar-refractivity contribution in [2.75, 3.05) is 26.3 Å². The van der Waals surface area contributed by atoms with Crippen molar-refractivity contribution >= 4 is 5.97 Å². The molecule has 1 aromatic carbocycles. The maximum Gasteiger partial charge on any atom is 0.304 e. The summed E-state index contributed by atoms with van der Waals surface area (Å²) in [5.41, 5.74) is 0.782. The average molecular weight is 295 g/mol. The van der Waals surface area contributed by atoms with Crippen LogP contribution < -0.4 is 0 Å². The maximum atomic E-state index is 14.3. The number of benzene rings is 1. The largest absolute Gasteiger partial charge is 0.481 e. The molecule has 0 aromatic heterocycles. The number of rotatable bonds is 5. The van der Waals surface area contributed by atoms with Crippen LogP contribution in [0.4, 0.5) is 4.39 Å². The molecule has 0 spiro atoms. The van der Waals surface area contributed by atoms with E-state index in [0.717, 1.165) is 13.1 Å². The van der Waals surface area contributed by atoms with Crippen molar-refractivity contribution in [1.29, 1.82) is 0 Å². The summed E-state index contributed by atoms with van der Waals surface area (Å²) in [7, 11) is 0. The Morgan fingerprint density at radius 2 is 2.05 bits per heavy atom. The molecular formula is C16H22FNO3. The van der Waals surface area contributed by atoms with Crippen LogP contribution in [0.3, 0.4) is 0 Å². The Bertz CT molecular complexity index is 510. The van der Waals surface area contributed by atoms with Gasteiger partial charge in [0.1, 0.15) is 5.82 Å². The molecule has 1 saturated heterocycles. The number of nitrogens with zero attached hydrogens (tertiary/aromatic N) is 1. The SMILES string of the molecule is CC(C)(CC(=O)O)c1ccc(CN2CCOCC2)c(F)c1. The maximum absolute atomic E-state index is 14.3. The fourth-order valence-electron chi connectivity index (χ4n) is 2.58. The molecule has 1 N–H and O–H groups in total. The molecule has 0 bridgehead atoms. The van der Waals surface area contributed by atoms with E-state index in [-0.39, 0.29) is 12.2 Å². The average Bonchev–Trinajstić information content (AvgIpc) is 2.40. The smallest absolute Gasteiger partial charge is 0.304 e. The number of hydrogen-bond acceptors (Lipinski definition) is 3. The third kappa shape index (κ3) is 4.25. The van der Waals surface area contributed by atoms with Crippen LogP contribution >= 0.6 is 0 Å². The van der Waals surface area contributed by atoms with E-state index in [1.165, 1.54) is 6.07 Å². The second kappa shape index (κ2) is 6.54. The van der Waals surface area contributed by atoms with Gasteiger partial charge in [-0.1, -0.05) is 26.0 Å². The molecule has 1 fully saturated rings. The second-order valence-corrected chi connectivity index (χ2v) is 6.15. The van der Waals surface area contributed by atoms with Crippen LogP contribution in [0.5, 0.6) is 0 Å². The number of halogens is 1. The fourth-order valence-corrected chi connectivity index (χ4v) is 2.58. The lowest BCUT2D eigenvalue weighted by atomic mass is 9.81. The van der Waals surface area contributed by atoms with Crippen LogP contribution in [0.25, 0.3) is 0 Å². The minimum Gasteiger partial charge on any atom is -0.481 e. The van der Waals surface area contributed by atoms with Crippen LogP contribution in [0.2, 0.25) is 0 Å². The van der Waals surface area contributed by atoms with Crippen molar-refractivity contribution in [3.05, 3.63) is 35.1 Å². The highest BCUT2D eigenvalue weighted by Gasteiger charge is 2.25. The summed E-state index contributed by atoms with van der Waals surface area (Å²) in [6, 6.07) is 5.07. The van der Waals surface area contributed by atoms with Crippen LogP contribution in [0.15, 0.2) is 18.2 Å². The highest BCUT2D eigenvalue weighted by Crippen LogP contribution is 2.28. The monoisotopic (exact) mass is 295 g/mol.